The standard InChI is InChI=1S/C22H18FN5O/c23-17-12-10-16(11-13-17)14-24-22-27-21(15-25-28-22)26-19-8-4-5-9-20(19)29-18-6-2-1-3-7-18/h1-13,15H,14H2,(H2,24,26,27,28). The molecule has 2 N–H and O–H groups in total. The quantitative estimate of drug-likeness (QED) is 0.456. The molecule has 0 aliphatic carbocycles. The summed E-state index contributed by atoms with van der Waals surface area (Å²) in [6.45, 7) is 0.457. The van der Waals surface area contributed by atoms with Crippen LogP contribution in [0.25, 0.3) is 0 Å². The number of nitrogens with zero attached hydrogens (tertiary/aromatic N) is 3. The molecule has 4 rings (SSSR count). The minimum atomic E-state index is -0.269. The topological polar surface area (TPSA) is 72.0 Å². The zero-order valence-electron chi connectivity index (χ0n) is 15.4. The van der Waals surface area contributed by atoms with Crippen molar-refractivity contribution in [2.45, 2.75) is 6.54 Å². The maximum absolute atomic E-state index is 13.0. The number of benzene rings is 3. The fraction of sp³-hybridized carbons (Fsp3) is 0.0455. The lowest BCUT2D eigenvalue weighted by Crippen LogP contribution is -2.06. The lowest BCUT2D eigenvalue weighted by atomic mass is 10.2. The Kier molecular flexibility index (Phi) is 5.57. The maximum Gasteiger partial charge on any atom is 0.244 e. The lowest BCUT2D eigenvalue weighted by molar-refractivity contribution is 0.485. The van der Waals surface area contributed by atoms with Crippen LogP contribution >= 0.6 is 0 Å². The summed E-state index contributed by atoms with van der Waals surface area (Å²) < 4.78 is 19.0. The largest absolute Gasteiger partial charge is 0.455 e. The molecule has 0 radical (unpaired) electrons. The lowest BCUT2D eigenvalue weighted by Gasteiger charge is -2.13. The Morgan fingerprint density at radius 3 is 2.45 bits per heavy atom. The number of rotatable bonds is 7. The summed E-state index contributed by atoms with van der Waals surface area (Å²) in [6, 6.07) is 23.4. The van der Waals surface area contributed by atoms with E-state index in [0.717, 1.165) is 17.0 Å². The molecule has 0 fully saturated rings. The Hall–Kier alpha value is -4.00. The first-order valence-electron chi connectivity index (χ1n) is 9.03. The molecule has 0 saturated carbocycles. The van der Waals surface area contributed by atoms with Gasteiger partial charge in [0.05, 0.1) is 11.9 Å². The second kappa shape index (κ2) is 8.79. The number of hydrogen-bond donors (Lipinski definition) is 2. The molecule has 6 nitrogen and oxygen atoms in total. The van der Waals surface area contributed by atoms with E-state index in [1.807, 2.05) is 54.6 Å². The van der Waals surface area contributed by atoms with Crippen LogP contribution in [-0.2, 0) is 6.54 Å². The van der Waals surface area contributed by atoms with Crippen molar-refractivity contribution in [2.24, 2.45) is 0 Å². The normalized spacial score (nSPS) is 10.4. The minimum Gasteiger partial charge on any atom is -0.455 e. The smallest absolute Gasteiger partial charge is 0.244 e. The van der Waals surface area contributed by atoms with E-state index >= 15 is 0 Å². The van der Waals surface area contributed by atoms with Crippen molar-refractivity contribution in [1.82, 2.24) is 15.2 Å². The van der Waals surface area contributed by atoms with Gasteiger partial charge in [0.15, 0.2) is 11.6 Å². The van der Waals surface area contributed by atoms with E-state index in [-0.39, 0.29) is 5.82 Å². The van der Waals surface area contributed by atoms with Crippen LogP contribution in [0.4, 0.5) is 21.8 Å². The molecule has 0 aliphatic rings. The van der Waals surface area contributed by atoms with E-state index in [0.29, 0.717) is 24.1 Å². The van der Waals surface area contributed by atoms with Crippen molar-refractivity contribution >= 4 is 17.5 Å². The van der Waals surface area contributed by atoms with Gasteiger partial charge in [-0.3, -0.25) is 0 Å². The molecule has 4 aromatic rings. The van der Waals surface area contributed by atoms with E-state index < -0.39 is 0 Å². The molecule has 0 atom stereocenters. The third kappa shape index (κ3) is 5.04. The number of hydrogen-bond acceptors (Lipinski definition) is 6. The Morgan fingerprint density at radius 1 is 0.862 bits per heavy atom. The van der Waals surface area contributed by atoms with Gasteiger partial charge in [0.1, 0.15) is 11.6 Å². The molecule has 29 heavy (non-hydrogen) atoms. The van der Waals surface area contributed by atoms with Crippen molar-refractivity contribution in [3.05, 3.63) is 96.4 Å². The van der Waals surface area contributed by atoms with E-state index in [2.05, 4.69) is 25.8 Å². The zero-order valence-corrected chi connectivity index (χ0v) is 15.4. The summed E-state index contributed by atoms with van der Waals surface area (Å²) in [5.41, 5.74) is 1.66. The van der Waals surface area contributed by atoms with Crippen LogP contribution in [0.2, 0.25) is 0 Å². The van der Waals surface area contributed by atoms with Crippen LogP contribution in [0.3, 0.4) is 0 Å². The van der Waals surface area contributed by atoms with Crippen LogP contribution in [0.15, 0.2) is 85.1 Å². The van der Waals surface area contributed by atoms with Crippen molar-refractivity contribution in [3.63, 3.8) is 0 Å². The summed E-state index contributed by atoms with van der Waals surface area (Å²) in [6.07, 6.45) is 1.53. The number of ether oxygens (including phenoxy) is 1. The Morgan fingerprint density at radius 2 is 1.62 bits per heavy atom. The number of anilines is 3. The van der Waals surface area contributed by atoms with Gasteiger partial charge in [0.2, 0.25) is 5.95 Å². The van der Waals surface area contributed by atoms with Crippen molar-refractivity contribution in [3.8, 4) is 11.5 Å². The molecule has 0 bridgehead atoms. The first kappa shape index (κ1) is 18.4. The molecule has 0 unspecified atom stereocenters. The highest BCUT2D eigenvalue weighted by molar-refractivity contribution is 5.64. The fourth-order valence-corrected chi connectivity index (χ4v) is 2.63. The highest BCUT2D eigenvalue weighted by Gasteiger charge is 2.07. The molecule has 0 saturated heterocycles. The molecule has 144 valence electrons. The summed E-state index contributed by atoms with van der Waals surface area (Å²) in [7, 11) is 0. The van der Waals surface area contributed by atoms with E-state index in [4.69, 9.17) is 4.74 Å². The summed E-state index contributed by atoms with van der Waals surface area (Å²) >= 11 is 0. The van der Waals surface area contributed by atoms with Crippen LogP contribution < -0.4 is 15.4 Å². The Balaban J connectivity index is 1.46. The summed E-state index contributed by atoms with van der Waals surface area (Å²) in [5, 5.41) is 14.3. The van der Waals surface area contributed by atoms with Gasteiger partial charge in [-0.05, 0) is 42.0 Å². The number of halogens is 1. The van der Waals surface area contributed by atoms with Crippen LogP contribution in [0.5, 0.6) is 11.5 Å². The van der Waals surface area contributed by atoms with Crippen molar-refractivity contribution in [2.75, 3.05) is 10.6 Å². The number of nitrogens with one attached hydrogen (secondary N) is 2. The van der Waals surface area contributed by atoms with Gasteiger partial charge in [-0.15, -0.1) is 5.10 Å². The average Bonchev–Trinajstić information content (AvgIpc) is 2.76. The third-order valence-electron chi connectivity index (χ3n) is 4.04. The van der Waals surface area contributed by atoms with Gasteiger partial charge >= 0.3 is 0 Å². The molecule has 1 heterocycles. The molecule has 0 aliphatic heterocycles. The molecule has 3 aromatic carbocycles. The highest BCUT2D eigenvalue weighted by Crippen LogP contribution is 2.30. The predicted octanol–water partition coefficient (Wildman–Crippen LogP) is 5.16. The molecule has 1 aromatic heterocycles. The van der Waals surface area contributed by atoms with Gasteiger partial charge in [0.25, 0.3) is 0 Å². The summed E-state index contributed by atoms with van der Waals surface area (Å²) in [5.74, 6) is 2.02. The predicted molar refractivity (Wildman–Crippen MR) is 110 cm³/mol. The number of para-hydroxylation sites is 3. The second-order valence-corrected chi connectivity index (χ2v) is 6.18. The molecular formula is C22H18FN5O. The minimum absolute atomic E-state index is 0.269. The van der Waals surface area contributed by atoms with Crippen molar-refractivity contribution < 1.29 is 9.13 Å². The second-order valence-electron chi connectivity index (χ2n) is 6.18. The zero-order chi connectivity index (χ0) is 19.9. The van der Waals surface area contributed by atoms with Crippen molar-refractivity contribution in [1.29, 1.82) is 0 Å². The summed E-state index contributed by atoms with van der Waals surface area (Å²) in [4.78, 5) is 4.42. The fourth-order valence-electron chi connectivity index (χ4n) is 2.63. The molecule has 0 amide bonds. The molecule has 7 heteroatoms. The first-order valence-corrected chi connectivity index (χ1v) is 9.03. The highest BCUT2D eigenvalue weighted by atomic mass is 19.1. The van der Waals surface area contributed by atoms with Crippen LogP contribution in [0, 0.1) is 5.82 Å². The van der Waals surface area contributed by atoms with Gasteiger partial charge in [0, 0.05) is 6.54 Å². The van der Waals surface area contributed by atoms with Gasteiger partial charge in [-0.25, -0.2) is 4.39 Å². The monoisotopic (exact) mass is 387 g/mol. The maximum atomic E-state index is 13.0. The van der Waals surface area contributed by atoms with Gasteiger partial charge in [-0.1, -0.05) is 42.5 Å². The average molecular weight is 387 g/mol. The van der Waals surface area contributed by atoms with E-state index in [1.54, 1.807) is 12.1 Å². The third-order valence-corrected chi connectivity index (χ3v) is 4.04. The van der Waals surface area contributed by atoms with Crippen LogP contribution in [-0.4, -0.2) is 15.2 Å². The first-order chi connectivity index (χ1) is 14.3. The van der Waals surface area contributed by atoms with Gasteiger partial charge < -0.3 is 15.4 Å². The van der Waals surface area contributed by atoms with Crippen LogP contribution in [0.1, 0.15) is 5.56 Å². The van der Waals surface area contributed by atoms with E-state index in [9.17, 15) is 4.39 Å². The van der Waals surface area contributed by atoms with E-state index in [1.165, 1.54) is 18.3 Å². The molecular weight excluding hydrogens is 369 g/mol. The Bertz CT molecular complexity index is 1070. The molecule has 0 spiro atoms. The Labute approximate surface area is 167 Å². The van der Waals surface area contributed by atoms with Gasteiger partial charge in [-0.2, -0.15) is 10.1 Å². The SMILES string of the molecule is Fc1ccc(CNc2nncc(Nc3ccccc3Oc3ccccc3)n2)cc1. The number of aromatic nitrogens is 3.